The van der Waals surface area contributed by atoms with Crippen LogP contribution in [0.2, 0.25) is 0 Å². The number of rotatable bonds is 5. The van der Waals surface area contributed by atoms with Crippen molar-refractivity contribution in [3.05, 3.63) is 36.8 Å². The highest BCUT2D eigenvalue weighted by molar-refractivity contribution is 5.88. The van der Waals surface area contributed by atoms with E-state index in [4.69, 9.17) is 4.98 Å². The molecule has 10 heteroatoms. The molecule has 4 aromatic rings. The number of aromatic nitrogens is 6. The summed E-state index contributed by atoms with van der Waals surface area (Å²) in [4.78, 5) is 23.4. The van der Waals surface area contributed by atoms with Crippen LogP contribution in [0.25, 0.3) is 22.4 Å². The molecule has 0 atom stereocenters. The van der Waals surface area contributed by atoms with Crippen LogP contribution in [0.4, 0.5) is 11.8 Å². The van der Waals surface area contributed by atoms with Gasteiger partial charge in [-0.25, -0.2) is 14.0 Å². The summed E-state index contributed by atoms with van der Waals surface area (Å²) in [5.74, 6) is 1.40. The van der Waals surface area contributed by atoms with Gasteiger partial charge in [0, 0.05) is 51.2 Å². The van der Waals surface area contributed by atoms with Gasteiger partial charge in [0.2, 0.25) is 11.9 Å². The monoisotopic (exact) mass is 419 g/mol. The van der Waals surface area contributed by atoms with Crippen LogP contribution in [0.5, 0.6) is 0 Å². The van der Waals surface area contributed by atoms with Crippen LogP contribution in [0.1, 0.15) is 19.8 Å². The highest BCUT2D eigenvalue weighted by Crippen LogP contribution is 2.43. The lowest BCUT2D eigenvalue weighted by atomic mass is 9.66. The normalized spacial score (nSPS) is 20.6. The maximum Gasteiger partial charge on any atom is 0.243 e. The fraction of sp³-hybridized carbons (Fsp3) is 0.381. The van der Waals surface area contributed by atoms with Crippen molar-refractivity contribution >= 4 is 28.8 Å². The van der Waals surface area contributed by atoms with Gasteiger partial charge in [-0.05, 0) is 25.0 Å². The molecule has 1 aliphatic rings. The highest BCUT2D eigenvalue weighted by Gasteiger charge is 2.47. The third kappa shape index (κ3) is 3.15. The maximum absolute atomic E-state index is 12.4. The van der Waals surface area contributed by atoms with Crippen molar-refractivity contribution in [2.45, 2.75) is 25.8 Å². The number of anilines is 2. The molecular formula is C21H25N9O. The molecule has 0 aliphatic heterocycles. The summed E-state index contributed by atoms with van der Waals surface area (Å²) in [5.41, 5.74) is 3.07. The second kappa shape index (κ2) is 6.93. The predicted molar refractivity (Wildman–Crippen MR) is 118 cm³/mol. The first-order chi connectivity index (χ1) is 14.9. The van der Waals surface area contributed by atoms with Crippen molar-refractivity contribution in [2.75, 3.05) is 31.8 Å². The van der Waals surface area contributed by atoms with E-state index in [9.17, 15) is 4.79 Å². The zero-order chi connectivity index (χ0) is 21.8. The average Bonchev–Trinajstić information content (AvgIpc) is 3.37. The van der Waals surface area contributed by atoms with Gasteiger partial charge in [0.05, 0.1) is 17.3 Å². The predicted octanol–water partition coefficient (Wildman–Crippen LogP) is 2.15. The topological polar surface area (TPSA) is 105 Å². The minimum absolute atomic E-state index is 0.163. The Bertz CT molecular complexity index is 1280. The Morgan fingerprint density at radius 1 is 1.16 bits per heavy atom. The van der Waals surface area contributed by atoms with Crippen LogP contribution in [-0.2, 0) is 4.79 Å². The molecule has 0 aromatic carbocycles. The number of carbonyl (C=O) groups excluding carboxylic acids is 1. The first-order valence-corrected chi connectivity index (χ1v) is 10.2. The minimum Gasteiger partial charge on any atom is -0.371 e. The summed E-state index contributed by atoms with van der Waals surface area (Å²) in [6.07, 6.45) is 7.03. The first kappa shape index (κ1) is 19.3. The standard InChI is InChI=1S/C21H25N9O/c1-21(19(31)28(3)4)11-13(12-21)24-20-26-18(22-2)17-14(6-9-30(17)27-20)15-7-10-29-16(25-15)5-8-23-29/h5-10,13H,11-12H2,1-4H3,(H2,22,24,26,27). The minimum atomic E-state index is -0.324. The molecule has 0 bridgehead atoms. The van der Waals surface area contributed by atoms with Crippen molar-refractivity contribution in [1.82, 2.24) is 34.1 Å². The number of carbonyl (C=O) groups is 1. The lowest BCUT2D eigenvalue weighted by Crippen LogP contribution is -2.52. The molecule has 1 amide bonds. The van der Waals surface area contributed by atoms with Crippen molar-refractivity contribution in [1.29, 1.82) is 0 Å². The molecule has 0 spiro atoms. The molecule has 160 valence electrons. The molecule has 1 saturated carbocycles. The molecule has 4 aromatic heterocycles. The first-order valence-electron chi connectivity index (χ1n) is 10.2. The molecule has 2 N–H and O–H groups in total. The van der Waals surface area contributed by atoms with Gasteiger partial charge in [-0.15, -0.1) is 5.10 Å². The SMILES string of the molecule is CNc1nc(NC2CC(C)(C(=O)N(C)C)C2)nn2ccc(-c3ccn4nccc4n3)c12. The molecule has 1 aliphatic carbocycles. The third-order valence-electron chi connectivity index (χ3n) is 5.93. The Labute approximate surface area is 179 Å². The zero-order valence-electron chi connectivity index (χ0n) is 18.0. The number of fused-ring (bicyclic) bond motifs is 2. The van der Waals surface area contributed by atoms with Crippen LogP contribution in [0.15, 0.2) is 36.8 Å². The molecule has 10 nitrogen and oxygen atoms in total. The van der Waals surface area contributed by atoms with E-state index < -0.39 is 0 Å². The van der Waals surface area contributed by atoms with Crippen LogP contribution in [-0.4, -0.2) is 67.2 Å². The molecule has 31 heavy (non-hydrogen) atoms. The summed E-state index contributed by atoms with van der Waals surface area (Å²) in [6, 6.07) is 5.95. The second-order valence-corrected chi connectivity index (χ2v) is 8.51. The van der Waals surface area contributed by atoms with E-state index in [1.807, 2.05) is 49.1 Å². The third-order valence-corrected chi connectivity index (χ3v) is 5.93. The quantitative estimate of drug-likeness (QED) is 0.511. The lowest BCUT2D eigenvalue weighted by molar-refractivity contribution is -0.143. The largest absolute Gasteiger partial charge is 0.371 e. The molecule has 0 radical (unpaired) electrons. The highest BCUT2D eigenvalue weighted by atomic mass is 16.2. The Kier molecular flexibility index (Phi) is 4.31. The average molecular weight is 419 g/mol. The van der Waals surface area contributed by atoms with Crippen molar-refractivity contribution in [2.24, 2.45) is 5.41 Å². The molecule has 1 fully saturated rings. The van der Waals surface area contributed by atoms with Crippen LogP contribution in [0.3, 0.4) is 0 Å². The Hall–Kier alpha value is -3.69. The van der Waals surface area contributed by atoms with Crippen molar-refractivity contribution in [3.8, 4) is 11.3 Å². The summed E-state index contributed by atoms with van der Waals surface area (Å²) < 4.78 is 3.54. The van der Waals surface area contributed by atoms with Crippen LogP contribution < -0.4 is 10.6 Å². The van der Waals surface area contributed by atoms with Gasteiger partial charge in [0.15, 0.2) is 11.5 Å². The summed E-state index contributed by atoms with van der Waals surface area (Å²) in [5, 5.41) is 15.4. The number of amides is 1. The van der Waals surface area contributed by atoms with Gasteiger partial charge in [-0.3, -0.25) is 4.79 Å². The van der Waals surface area contributed by atoms with Crippen molar-refractivity contribution < 1.29 is 4.79 Å². The van der Waals surface area contributed by atoms with Gasteiger partial charge >= 0.3 is 0 Å². The fourth-order valence-corrected chi connectivity index (χ4v) is 4.46. The maximum atomic E-state index is 12.4. The second-order valence-electron chi connectivity index (χ2n) is 8.51. The Balaban J connectivity index is 1.43. The molecule has 0 saturated heterocycles. The molecule has 5 rings (SSSR count). The molecule has 4 heterocycles. The van der Waals surface area contributed by atoms with E-state index in [0.29, 0.717) is 11.8 Å². The number of nitrogens with one attached hydrogen (secondary N) is 2. The smallest absolute Gasteiger partial charge is 0.243 e. The number of hydrogen-bond donors (Lipinski definition) is 2. The summed E-state index contributed by atoms with van der Waals surface area (Å²) in [7, 11) is 5.44. The zero-order valence-corrected chi connectivity index (χ0v) is 18.0. The van der Waals surface area contributed by atoms with Gasteiger partial charge in [-0.2, -0.15) is 10.1 Å². The Morgan fingerprint density at radius 2 is 1.94 bits per heavy atom. The van der Waals surface area contributed by atoms with E-state index in [-0.39, 0.29) is 17.4 Å². The van der Waals surface area contributed by atoms with E-state index in [1.54, 1.807) is 29.7 Å². The van der Waals surface area contributed by atoms with Gasteiger partial charge in [0.1, 0.15) is 5.52 Å². The van der Waals surface area contributed by atoms with Crippen molar-refractivity contribution in [3.63, 3.8) is 0 Å². The van der Waals surface area contributed by atoms with Gasteiger partial charge in [0.25, 0.3) is 0 Å². The van der Waals surface area contributed by atoms with E-state index in [1.165, 1.54) is 0 Å². The fourth-order valence-electron chi connectivity index (χ4n) is 4.46. The van der Waals surface area contributed by atoms with Gasteiger partial charge in [-0.1, -0.05) is 6.92 Å². The molecule has 0 unspecified atom stereocenters. The summed E-state index contributed by atoms with van der Waals surface area (Å²) >= 11 is 0. The van der Waals surface area contributed by atoms with Gasteiger partial charge < -0.3 is 15.5 Å². The van der Waals surface area contributed by atoms with Crippen LogP contribution >= 0.6 is 0 Å². The molecular weight excluding hydrogens is 394 g/mol. The van der Waals surface area contributed by atoms with E-state index in [0.717, 1.165) is 35.3 Å². The number of hydrogen-bond acceptors (Lipinski definition) is 7. The lowest BCUT2D eigenvalue weighted by Gasteiger charge is -2.45. The van der Waals surface area contributed by atoms with Crippen LogP contribution in [0, 0.1) is 5.41 Å². The Morgan fingerprint density at radius 3 is 2.68 bits per heavy atom. The van der Waals surface area contributed by atoms with E-state index in [2.05, 4.69) is 25.8 Å². The summed E-state index contributed by atoms with van der Waals surface area (Å²) in [6.45, 7) is 2.01. The van der Waals surface area contributed by atoms with E-state index >= 15 is 0 Å². The number of nitrogens with zero attached hydrogens (tertiary/aromatic N) is 7.